The number of amides is 1. The van der Waals surface area contributed by atoms with Gasteiger partial charge < -0.3 is 40.3 Å². The summed E-state index contributed by atoms with van der Waals surface area (Å²) in [6.45, 7) is 3.83. The van der Waals surface area contributed by atoms with Crippen molar-refractivity contribution in [1.29, 1.82) is 0 Å². The molecule has 1 rings (SSSR count). The third-order valence-corrected chi connectivity index (χ3v) is 13.1. The van der Waals surface area contributed by atoms with Crippen LogP contribution in [-0.4, -0.2) is 87.5 Å². The number of aliphatic hydroxyl groups is 5. The molecular formula is C53H103NO8. The molecule has 0 radical (unpaired) electrons. The molecule has 7 atom stereocenters. The lowest BCUT2D eigenvalue weighted by Gasteiger charge is -2.40. The average molecular weight is 882 g/mol. The standard InChI is InChI=1S/C53H103NO8/c1-3-5-7-9-11-13-14-15-16-17-18-19-20-21-22-23-24-25-26-27-28-29-30-31-32-33-35-37-39-41-43-49(57)54-46(47(56)42-40-38-36-34-12-10-8-6-4-2)45-61-53-52(60)51(59)50(58)48(44-55)62-53/h21-22,46-48,50-53,55-56,58-60H,3-20,23-45H2,1-2H3,(H,54,57)/b22-21-. The Balaban J connectivity index is 2.09. The first-order valence-corrected chi connectivity index (χ1v) is 26.9. The van der Waals surface area contributed by atoms with E-state index in [0.29, 0.717) is 12.8 Å². The van der Waals surface area contributed by atoms with Crippen LogP contribution >= 0.6 is 0 Å². The summed E-state index contributed by atoms with van der Waals surface area (Å²) >= 11 is 0. The van der Waals surface area contributed by atoms with Crippen LogP contribution in [0.4, 0.5) is 0 Å². The van der Waals surface area contributed by atoms with E-state index in [1.165, 1.54) is 199 Å². The van der Waals surface area contributed by atoms with Gasteiger partial charge in [-0.3, -0.25) is 4.79 Å². The van der Waals surface area contributed by atoms with Crippen LogP contribution in [-0.2, 0) is 14.3 Å². The Kier molecular flexibility index (Phi) is 41.6. The lowest BCUT2D eigenvalue weighted by molar-refractivity contribution is -0.302. The van der Waals surface area contributed by atoms with E-state index >= 15 is 0 Å². The van der Waals surface area contributed by atoms with E-state index < -0.39 is 49.5 Å². The van der Waals surface area contributed by atoms with E-state index in [1.807, 2.05) is 0 Å². The van der Waals surface area contributed by atoms with Crippen LogP contribution in [0.5, 0.6) is 0 Å². The van der Waals surface area contributed by atoms with Gasteiger partial charge in [0.2, 0.25) is 5.91 Å². The summed E-state index contributed by atoms with van der Waals surface area (Å²) in [5.74, 6) is -0.143. The second-order valence-electron chi connectivity index (χ2n) is 19.0. The quantitative estimate of drug-likeness (QED) is 0.0261. The number of ether oxygens (including phenoxy) is 2. The Labute approximate surface area is 382 Å². The Morgan fingerprint density at radius 3 is 1.31 bits per heavy atom. The Hall–Kier alpha value is -1.07. The Morgan fingerprint density at radius 1 is 0.532 bits per heavy atom. The monoisotopic (exact) mass is 882 g/mol. The molecule has 1 fully saturated rings. The molecule has 0 aromatic heterocycles. The predicted octanol–water partition coefficient (Wildman–Crippen LogP) is 12.5. The first-order valence-electron chi connectivity index (χ1n) is 26.9. The number of hydrogen-bond acceptors (Lipinski definition) is 8. The third kappa shape index (κ3) is 33.4. The fourth-order valence-electron chi connectivity index (χ4n) is 8.80. The molecule has 7 unspecified atom stereocenters. The van der Waals surface area contributed by atoms with E-state index in [9.17, 15) is 30.3 Å². The zero-order chi connectivity index (χ0) is 45.1. The molecule has 0 aliphatic carbocycles. The molecule has 1 aliphatic heterocycles. The number of carbonyl (C=O) groups is 1. The highest BCUT2D eigenvalue weighted by Gasteiger charge is 2.44. The largest absolute Gasteiger partial charge is 0.394 e. The summed E-state index contributed by atoms with van der Waals surface area (Å²) in [4.78, 5) is 13.0. The van der Waals surface area contributed by atoms with Crippen molar-refractivity contribution in [2.24, 2.45) is 0 Å². The maximum absolute atomic E-state index is 13.0. The van der Waals surface area contributed by atoms with Crippen LogP contribution in [0.3, 0.4) is 0 Å². The zero-order valence-corrected chi connectivity index (χ0v) is 40.6. The van der Waals surface area contributed by atoms with E-state index in [0.717, 1.165) is 38.5 Å². The van der Waals surface area contributed by atoms with Crippen molar-refractivity contribution in [3.8, 4) is 0 Å². The molecule has 62 heavy (non-hydrogen) atoms. The van der Waals surface area contributed by atoms with Crippen molar-refractivity contribution in [2.75, 3.05) is 13.2 Å². The molecule has 6 N–H and O–H groups in total. The maximum Gasteiger partial charge on any atom is 0.220 e. The van der Waals surface area contributed by atoms with Crippen LogP contribution in [0.15, 0.2) is 12.2 Å². The Morgan fingerprint density at radius 2 is 0.903 bits per heavy atom. The van der Waals surface area contributed by atoms with Crippen molar-refractivity contribution in [3.63, 3.8) is 0 Å². The molecule has 1 amide bonds. The summed E-state index contributed by atoms with van der Waals surface area (Å²) < 4.78 is 11.2. The molecule has 9 nitrogen and oxygen atoms in total. The third-order valence-electron chi connectivity index (χ3n) is 13.1. The highest BCUT2D eigenvalue weighted by Crippen LogP contribution is 2.23. The Bertz CT molecular complexity index is 981. The van der Waals surface area contributed by atoms with Gasteiger partial charge >= 0.3 is 0 Å². The van der Waals surface area contributed by atoms with E-state index in [-0.39, 0.29) is 12.5 Å². The van der Waals surface area contributed by atoms with Crippen molar-refractivity contribution in [1.82, 2.24) is 5.32 Å². The molecular weight excluding hydrogens is 779 g/mol. The first kappa shape index (κ1) is 58.9. The van der Waals surface area contributed by atoms with E-state index in [1.54, 1.807) is 0 Å². The number of unbranched alkanes of at least 4 members (excludes halogenated alkanes) is 34. The SMILES string of the molecule is CCCCCCCCCCCCCC/C=C\CCCCCCCCCCCCCCCCC(=O)NC(COC1OC(CO)C(O)C(O)C1O)C(O)CCCCCCCCCCC. The van der Waals surface area contributed by atoms with Gasteiger partial charge in [0.05, 0.1) is 25.4 Å². The minimum atomic E-state index is -1.55. The number of hydrogen-bond donors (Lipinski definition) is 6. The van der Waals surface area contributed by atoms with Gasteiger partial charge in [-0.05, 0) is 38.5 Å². The van der Waals surface area contributed by atoms with Crippen LogP contribution in [0, 0.1) is 0 Å². The fraction of sp³-hybridized carbons (Fsp3) is 0.943. The van der Waals surface area contributed by atoms with Crippen molar-refractivity contribution in [3.05, 3.63) is 12.2 Å². The molecule has 0 aromatic rings. The van der Waals surface area contributed by atoms with E-state index in [2.05, 4.69) is 31.3 Å². The second kappa shape index (κ2) is 43.8. The van der Waals surface area contributed by atoms with Crippen LogP contribution in [0.25, 0.3) is 0 Å². The molecule has 0 spiro atoms. The zero-order valence-electron chi connectivity index (χ0n) is 40.6. The molecule has 368 valence electrons. The van der Waals surface area contributed by atoms with E-state index in [4.69, 9.17) is 9.47 Å². The van der Waals surface area contributed by atoms with Gasteiger partial charge in [-0.25, -0.2) is 0 Å². The summed E-state index contributed by atoms with van der Waals surface area (Å²) in [5.41, 5.74) is 0. The molecule has 0 bridgehead atoms. The molecule has 1 aliphatic rings. The summed E-state index contributed by atoms with van der Waals surface area (Å²) in [5, 5.41) is 54.3. The summed E-state index contributed by atoms with van der Waals surface area (Å²) in [7, 11) is 0. The summed E-state index contributed by atoms with van der Waals surface area (Å²) in [6.07, 6.45) is 45.5. The van der Waals surface area contributed by atoms with Crippen molar-refractivity contribution >= 4 is 5.91 Å². The average Bonchev–Trinajstić information content (AvgIpc) is 3.27. The van der Waals surface area contributed by atoms with Gasteiger partial charge in [0.15, 0.2) is 6.29 Å². The molecule has 1 heterocycles. The molecule has 0 saturated carbocycles. The van der Waals surface area contributed by atoms with Gasteiger partial charge in [-0.15, -0.1) is 0 Å². The predicted molar refractivity (Wildman–Crippen MR) is 258 cm³/mol. The number of carbonyl (C=O) groups excluding carboxylic acids is 1. The fourth-order valence-corrected chi connectivity index (χ4v) is 8.80. The maximum atomic E-state index is 13.0. The second-order valence-corrected chi connectivity index (χ2v) is 19.0. The number of rotatable bonds is 46. The lowest BCUT2D eigenvalue weighted by Crippen LogP contribution is -2.60. The van der Waals surface area contributed by atoms with Gasteiger partial charge in [0.25, 0.3) is 0 Å². The van der Waals surface area contributed by atoms with Crippen molar-refractivity contribution in [2.45, 2.75) is 307 Å². The van der Waals surface area contributed by atoms with Gasteiger partial charge in [0, 0.05) is 6.42 Å². The number of nitrogens with one attached hydrogen (secondary N) is 1. The summed E-state index contributed by atoms with van der Waals surface area (Å²) in [6, 6.07) is -0.713. The minimum absolute atomic E-state index is 0.134. The topological polar surface area (TPSA) is 149 Å². The minimum Gasteiger partial charge on any atom is -0.394 e. The van der Waals surface area contributed by atoms with Crippen molar-refractivity contribution < 1.29 is 39.8 Å². The molecule has 9 heteroatoms. The highest BCUT2D eigenvalue weighted by molar-refractivity contribution is 5.76. The first-order chi connectivity index (χ1) is 30.3. The molecule has 0 aromatic carbocycles. The van der Waals surface area contributed by atoms with Gasteiger partial charge in [0.1, 0.15) is 24.4 Å². The highest BCUT2D eigenvalue weighted by atomic mass is 16.7. The lowest BCUT2D eigenvalue weighted by atomic mass is 9.99. The van der Waals surface area contributed by atoms with Crippen LogP contribution < -0.4 is 5.32 Å². The van der Waals surface area contributed by atoms with Gasteiger partial charge in [-0.1, -0.05) is 231 Å². The molecule has 1 saturated heterocycles. The number of aliphatic hydroxyl groups excluding tert-OH is 5. The smallest absolute Gasteiger partial charge is 0.220 e. The normalized spacial score (nSPS) is 20.3. The van der Waals surface area contributed by atoms with Gasteiger partial charge in [-0.2, -0.15) is 0 Å². The van der Waals surface area contributed by atoms with Crippen LogP contribution in [0.1, 0.15) is 264 Å². The number of allylic oxidation sites excluding steroid dienone is 2. The van der Waals surface area contributed by atoms with Crippen LogP contribution in [0.2, 0.25) is 0 Å².